The van der Waals surface area contributed by atoms with Crippen LogP contribution in [-0.2, 0) is 19.1 Å². The first-order valence-corrected chi connectivity index (χ1v) is 5.48. The van der Waals surface area contributed by atoms with Crippen LogP contribution in [-0.4, -0.2) is 31.3 Å². The van der Waals surface area contributed by atoms with Crippen molar-refractivity contribution in [3.63, 3.8) is 0 Å². The van der Waals surface area contributed by atoms with Crippen molar-refractivity contribution in [1.82, 2.24) is 0 Å². The van der Waals surface area contributed by atoms with Crippen molar-refractivity contribution in [1.29, 1.82) is 0 Å². The van der Waals surface area contributed by atoms with Gasteiger partial charge < -0.3 is 9.47 Å². The Morgan fingerprint density at radius 3 is 1.85 bits per heavy atom. The Labute approximate surface area is 118 Å². The molecule has 0 saturated heterocycles. The summed E-state index contributed by atoms with van der Waals surface area (Å²) in [5.41, 5.74) is -0.657. The number of hydrogen-bond acceptors (Lipinski definition) is 4. The third-order valence-electron chi connectivity index (χ3n) is 2.36. The summed E-state index contributed by atoms with van der Waals surface area (Å²) in [7, 11) is 0. The number of hydrogen-bond donors (Lipinski definition) is 0. The highest BCUT2D eigenvalue weighted by Gasteiger charge is 2.32. The SMILES string of the molecule is C.C.CCC(C)(C)C(=O)OCCOC(=O)CC(F)(F)F. The molecule has 0 fully saturated rings. The third kappa shape index (κ3) is 10.6. The van der Waals surface area contributed by atoms with Gasteiger partial charge in [0, 0.05) is 0 Å². The summed E-state index contributed by atoms with van der Waals surface area (Å²) >= 11 is 0. The van der Waals surface area contributed by atoms with E-state index in [4.69, 9.17) is 4.74 Å². The maximum Gasteiger partial charge on any atom is 0.399 e. The smallest absolute Gasteiger partial charge is 0.399 e. The van der Waals surface area contributed by atoms with Crippen LogP contribution in [0.25, 0.3) is 0 Å². The lowest BCUT2D eigenvalue weighted by Crippen LogP contribution is -2.27. The van der Waals surface area contributed by atoms with E-state index in [1.54, 1.807) is 13.8 Å². The van der Waals surface area contributed by atoms with E-state index < -0.39 is 30.0 Å². The van der Waals surface area contributed by atoms with E-state index in [-0.39, 0.29) is 28.1 Å². The van der Waals surface area contributed by atoms with Gasteiger partial charge in [0.15, 0.2) is 0 Å². The summed E-state index contributed by atoms with van der Waals surface area (Å²) in [6, 6.07) is 0. The number of rotatable bonds is 6. The van der Waals surface area contributed by atoms with E-state index in [0.717, 1.165) is 0 Å². The van der Waals surface area contributed by atoms with Crippen molar-refractivity contribution >= 4 is 11.9 Å². The van der Waals surface area contributed by atoms with Crippen LogP contribution in [0.15, 0.2) is 0 Å². The summed E-state index contributed by atoms with van der Waals surface area (Å²) in [5.74, 6) is -1.86. The molecule has 0 heterocycles. The second kappa shape index (κ2) is 9.61. The summed E-state index contributed by atoms with van der Waals surface area (Å²) < 4.78 is 44.3. The van der Waals surface area contributed by atoms with Gasteiger partial charge in [-0.05, 0) is 20.3 Å². The molecule has 0 bridgehead atoms. The van der Waals surface area contributed by atoms with Crippen LogP contribution < -0.4 is 0 Å². The molecule has 122 valence electrons. The van der Waals surface area contributed by atoms with Gasteiger partial charge in [-0.25, -0.2) is 0 Å². The molecule has 0 unspecified atom stereocenters. The molecule has 4 nitrogen and oxygen atoms in total. The molecule has 0 aliphatic heterocycles. The van der Waals surface area contributed by atoms with E-state index in [1.165, 1.54) is 0 Å². The summed E-state index contributed by atoms with van der Waals surface area (Å²) in [6.45, 7) is 4.56. The van der Waals surface area contributed by atoms with E-state index >= 15 is 0 Å². The molecule has 0 aliphatic carbocycles. The number of ether oxygens (including phenoxy) is 2. The zero-order valence-corrected chi connectivity index (χ0v) is 10.6. The molecule has 0 rings (SSSR count). The van der Waals surface area contributed by atoms with Crippen LogP contribution in [0.4, 0.5) is 13.2 Å². The van der Waals surface area contributed by atoms with Crippen LogP contribution in [0.3, 0.4) is 0 Å². The number of halogens is 3. The van der Waals surface area contributed by atoms with Gasteiger partial charge in [0.1, 0.15) is 19.6 Å². The van der Waals surface area contributed by atoms with Gasteiger partial charge in [-0.1, -0.05) is 21.8 Å². The van der Waals surface area contributed by atoms with E-state index in [0.29, 0.717) is 6.42 Å². The topological polar surface area (TPSA) is 52.6 Å². The Balaban J connectivity index is -0.00000144. The maximum atomic E-state index is 11.8. The molecular weight excluding hydrogens is 277 g/mol. The molecule has 0 saturated carbocycles. The van der Waals surface area contributed by atoms with Crippen molar-refractivity contribution in [2.75, 3.05) is 13.2 Å². The zero-order chi connectivity index (χ0) is 14.4. The van der Waals surface area contributed by atoms with Crippen molar-refractivity contribution < 1.29 is 32.2 Å². The Morgan fingerprint density at radius 2 is 1.45 bits per heavy atom. The molecule has 0 N–H and O–H groups in total. The van der Waals surface area contributed by atoms with Crippen molar-refractivity contribution in [2.45, 2.75) is 54.6 Å². The highest BCUT2D eigenvalue weighted by Crippen LogP contribution is 2.21. The maximum absolute atomic E-state index is 11.8. The number of carbonyl (C=O) groups is 2. The first kappa shape index (κ1) is 23.8. The molecule has 0 aromatic rings. The molecule has 0 atom stereocenters. The largest absolute Gasteiger partial charge is 0.462 e. The van der Waals surface area contributed by atoms with Gasteiger partial charge in [0.05, 0.1) is 5.41 Å². The molecule has 0 aliphatic rings. The predicted octanol–water partition coefficient (Wildman–Crippen LogP) is 3.73. The lowest BCUT2D eigenvalue weighted by Gasteiger charge is -2.20. The van der Waals surface area contributed by atoms with Gasteiger partial charge in [0.2, 0.25) is 0 Å². The lowest BCUT2D eigenvalue weighted by atomic mass is 9.91. The van der Waals surface area contributed by atoms with E-state index in [2.05, 4.69) is 4.74 Å². The van der Waals surface area contributed by atoms with Gasteiger partial charge in [-0.2, -0.15) is 13.2 Å². The van der Waals surface area contributed by atoms with Gasteiger partial charge >= 0.3 is 18.1 Å². The zero-order valence-electron chi connectivity index (χ0n) is 10.6. The van der Waals surface area contributed by atoms with Gasteiger partial charge in [-0.3, -0.25) is 9.59 Å². The van der Waals surface area contributed by atoms with Crippen molar-refractivity contribution in [3.8, 4) is 0 Å². The van der Waals surface area contributed by atoms with Crippen LogP contribution in [0.5, 0.6) is 0 Å². The third-order valence-corrected chi connectivity index (χ3v) is 2.36. The number of esters is 2. The predicted molar refractivity (Wildman–Crippen MR) is 70.1 cm³/mol. The minimum atomic E-state index is -4.59. The summed E-state index contributed by atoms with van der Waals surface area (Å²) in [5, 5.41) is 0. The molecule has 7 heteroatoms. The minimum absolute atomic E-state index is 0. The average Bonchev–Trinajstić information content (AvgIpc) is 2.21. The number of alkyl halides is 3. The summed E-state index contributed by atoms with van der Waals surface area (Å²) in [4.78, 5) is 22.1. The quantitative estimate of drug-likeness (QED) is 0.554. The van der Waals surface area contributed by atoms with Gasteiger partial charge in [-0.15, -0.1) is 0 Å². The molecule has 0 spiro atoms. The second-order valence-corrected chi connectivity index (χ2v) is 4.39. The monoisotopic (exact) mass is 302 g/mol. The fourth-order valence-corrected chi connectivity index (χ4v) is 0.844. The van der Waals surface area contributed by atoms with Crippen LogP contribution >= 0.6 is 0 Å². The Bertz CT molecular complexity index is 298. The lowest BCUT2D eigenvalue weighted by molar-refractivity contribution is -0.174. The fraction of sp³-hybridized carbons (Fsp3) is 0.846. The molecule has 0 aromatic heterocycles. The van der Waals surface area contributed by atoms with Crippen molar-refractivity contribution in [3.05, 3.63) is 0 Å². The number of carbonyl (C=O) groups excluding carboxylic acids is 2. The fourth-order valence-electron chi connectivity index (χ4n) is 0.844. The van der Waals surface area contributed by atoms with Crippen LogP contribution in [0.1, 0.15) is 48.5 Å². The Kier molecular flexibility index (Phi) is 11.4. The normalized spacial score (nSPS) is 10.9. The molecule has 0 radical (unpaired) electrons. The first-order chi connectivity index (χ1) is 8.08. The Morgan fingerprint density at radius 1 is 1.00 bits per heavy atom. The second-order valence-electron chi connectivity index (χ2n) is 4.39. The van der Waals surface area contributed by atoms with E-state index in [9.17, 15) is 22.8 Å². The molecular formula is C13H25F3O4. The van der Waals surface area contributed by atoms with E-state index in [1.807, 2.05) is 6.92 Å². The highest BCUT2D eigenvalue weighted by molar-refractivity contribution is 5.75. The first-order valence-electron chi connectivity index (χ1n) is 5.48. The molecule has 20 heavy (non-hydrogen) atoms. The van der Waals surface area contributed by atoms with Crippen LogP contribution in [0, 0.1) is 5.41 Å². The van der Waals surface area contributed by atoms with Crippen LogP contribution in [0.2, 0.25) is 0 Å². The molecule has 0 amide bonds. The molecule has 0 aromatic carbocycles. The Hall–Kier alpha value is -1.27. The summed E-state index contributed by atoms with van der Waals surface area (Å²) in [6.07, 6.45) is -5.65. The standard InChI is InChI=1S/C11H17F3O4.2CH4/c1-4-10(2,3)9(16)18-6-5-17-8(15)7-11(12,13)14;;/h4-7H2,1-3H3;2*1H4. The van der Waals surface area contributed by atoms with Gasteiger partial charge in [0.25, 0.3) is 0 Å². The average molecular weight is 302 g/mol. The van der Waals surface area contributed by atoms with Crippen molar-refractivity contribution in [2.24, 2.45) is 5.41 Å². The highest BCUT2D eigenvalue weighted by atomic mass is 19.4. The minimum Gasteiger partial charge on any atom is -0.462 e.